The van der Waals surface area contributed by atoms with Crippen molar-refractivity contribution >= 4 is 11.6 Å². The van der Waals surface area contributed by atoms with Crippen LogP contribution in [0.15, 0.2) is 41.5 Å². The van der Waals surface area contributed by atoms with Crippen molar-refractivity contribution in [1.29, 1.82) is 0 Å². The molecule has 3 aliphatic carbocycles. The lowest BCUT2D eigenvalue weighted by molar-refractivity contribution is -0.189. The summed E-state index contributed by atoms with van der Waals surface area (Å²) in [4.78, 5) is 27.7. The number of phenolic OH excluding ortho intramolecular Hbond substituents is 1. The van der Waals surface area contributed by atoms with Crippen molar-refractivity contribution in [3.05, 3.63) is 47.1 Å². The first-order valence-corrected chi connectivity index (χ1v) is 10.3. The van der Waals surface area contributed by atoms with Gasteiger partial charge in [-0.05, 0) is 52.3 Å². The van der Waals surface area contributed by atoms with Gasteiger partial charge in [-0.15, -0.1) is 0 Å². The summed E-state index contributed by atoms with van der Waals surface area (Å²) in [6, 6.07) is 4.76. The largest absolute Gasteiger partial charge is 0.507 e. The molecule has 0 aromatic heterocycles. The van der Waals surface area contributed by atoms with Gasteiger partial charge in [-0.1, -0.05) is 17.7 Å². The Balaban J connectivity index is 1.87. The number of aromatic hydroxyl groups is 1. The number of hydrogen-bond acceptors (Lipinski definition) is 6. The first-order chi connectivity index (χ1) is 14.0. The van der Waals surface area contributed by atoms with Gasteiger partial charge in [-0.25, -0.2) is 0 Å². The molecule has 2 aliphatic heterocycles. The Bertz CT molecular complexity index is 1060. The van der Waals surface area contributed by atoms with Crippen LogP contribution in [0.1, 0.15) is 50.9 Å². The molecule has 4 bridgehead atoms. The van der Waals surface area contributed by atoms with Gasteiger partial charge in [-0.2, -0.15) is 0 Å². The predicted octanol–water partition coefficient (Wildman–Crippen LogP) is 3.52. The van der Waals surface area contributed by atoms with Crippen molar-refractivity contribution in [1.82, 2.24) is 0 Å². The molecule has 4 atom stereocenters. The van der Waals surface area contributed by atoms with Crippen LogP contribution in [-0.2, 0) is 14.3 Å². The zero-order chi connectivity index (χ0) is 21.7. The first-order valence-electron chi connectivity index (χ1n) is 10.3. The number of allylic oxidation sites excluding steroid dienone is 1. The Hall–Kier alpha value is -2.44. The zero-order valence-electron chi connectivity index (χ0n) is 17.9. The molecular weight excluding hydrogens is 384 g/mol. The minimum absolute atomic E-state index is 0.121. The number of benzene rings is 1. The number of rotatable bonds is 3. The highest BCUT2D eigenvalue weighted by Gasteiger charge is 2.84. The number of fused-ring (bicyclic) bond motifs is 1. The normalized spacial score (nSPS) is 37.2. The lowest BCUT2D eigenvalue weighted by Gasteiger charge is -2.59. The lowest BCUT2D eigenvalue weighted by Crippen LogP contribution is -2.77. The molecule has 158 valence electrons. The molecule has 2 heterocycles. The SMILES string of the molecule is CO[C@@]12C=C3C(=O)c4c(O)cccc4O[C@@]34[C@@H](C1)C(C)(C)OC4(CC=C(C)C)C2=O. The summed E-state index contributed by atoms with van der Waals surface area (Å²) in [5, 5.41) is 10.4. The Labute approximate surface area is 175 Å². The molecule has 1 saturated heterocycles. The Morgan fingerprint density at radius 1 is 1.30 bits per heavy atom. The highest BCUT2D eigenvalue weighted by molar-refractivity contribution is 6.19. The standard InChI is InChI=1S/C24H26O6/c1-13(2)9-10-23-20(27)22(28-5)11-14-19(26)18-15(25)7-6-8-16(18)29-24(14,23)17(12-22)21(3,4)30-23/h6-9,11,17,25H,10,12H2,1-5H3/t17-,22-,23?,24+/m0/s1. The molecule has 1 unspecified atom stereocenters. The molecule has 30 heavy (non-hydrogen) atoms. The number of hydrogen-bond donors (Lipinski definition) is 1. The van der Waals surface area contributed by atoms with Crippen LogP contribution in [0.4, 0.5) is 0 Å². The maximum atomic E-state index is 14.0. The molecule has 1 aromatic rings. The summed E-state index contributed by atoms with van der Waals surface area (Å²) in [7, 11) is 1.49. The summed E-state index contributed by atoms with van der Waals surface area (Å²) < 4.78 is 19.0. The van der Waals surface area contributed by atoms with E-state index in [1.807, 2.05) is 33.8 Å². The van der Waals surface area contributed by atoms with Crippen LogP contribution in [0.3, 0.4) is 0 Å². The summed E-state index contributed by atoms with van der Waals surface area (Å²) in [5.41, 5.74) is -3.13. The maximum absolute atomic E-state index is 14.0. The highest BCUT2D eigenvalue weighted by Crippen LogP contribution is 2.68. The second kappa shape index (κ2) is 5.62. The van der Waals surface area contributed by atoms with Crippen LogP contribution in [0.2, 0.25) is 0 Å². The van der Waals surface area contributed by atoms with Gasteiger partial charge in [-0.3, -0.25) is 9.59 Å². The van der Waals surface area contributed by atoms with Crippen LogP contribution in [0.5, 0.6) is 11.5 Å². The average Bonchev–Trinajstić information content (AvgIpc) is 2.84. The van der Waals surface area contributed by atoms with Gasteiger partial charge >= 0.3 is 0 Å². The fraction of sp³-hybridized carbons (Fsp3) is 0.500. The quantitative estimate of drug-likeness (QED) is 0.768. The molecule has 5 aliphatic rings. The summed E-state index contributed by atoms with van der Waals surface area (Å²) in [5.74, 6) is -0.691. The van der Waals surface area contributed by atoms with E-state index in [1.165, 1.54) is 13.2 Å². The van der Waals surface area contributed by atoms with Crippen molar-refractivity contribution in [3.8, 4) is 11.5 Å². The van der Waals surface area contributed by atoms with Crippen molar-refractivity contribution in [2.24, 2.45) is 5.92 Å². The van der Waals surface area contributed by atoms with Crippen LogP contribution >= 0.6 is 0 Å². The van der Waals surface area contributed by atoms with E-state index in [0.29, 0.717) is 12.0 Å². The Morgan fingerprint density at radius 3 is 2.70 bits per heavy atom. The molecule has 6 nitrogen and oxygen atoms in total. The Morgan fingerprint density at radius 2 is 2.03 bits per heavy atom. The molecule has 0 amide bonds. The van der Waals surface area contributed by atoms with Crippen LogP contribution in [0, 0.1) is 5.92 Å². The predicted molar refractivity (Wildman–Crippen MR) is 109 cm³/mol. The van der Waals surface area contributed by atoms with Gasteiger partial charge < -0.3 is 19.3 Å². The van der Waals surface area contributed by atoms with Crippen molar-refractivity contribution in [2.75, 3.05) is 7.11 Å². The van der Waals surface area contributed by atoms with Crippen molar-refractivity contribution in [2.45, 2.75) is 62.9 Å². The summed E-state index contributed by atoms with van der Waals surface area (Å²) in [6.45, 7) is 7.80. The number of Topliss-reactive ketones (excluding diaryl/α,β-unsaturated/α-hetero) is 2. The van der Waals surface area contributed by atoms with Gasteiger partial charge in [0.05, 0.1) is 5.60 Å². The number of carbonyl (C=O) groups excluding carboxylic acids is 2. The monoisotopic (exact) mass is 410 g/mol. The Kier molecular flexibility index (Phi) is 3.66. The smallest absolute Gasteiger partial charge is 0.205 e. The van der Waals surface area contributed by atoms with Gasteiger partial charge in [0.25, 0.3) is 0 Å². The van der Waals surface area contributed by atoms with E-state index in [4.69, 9.17) is 14.2 Å². The second-order valence-electron chi connectivity index (χ2n) is 9.57. The van der Waals surface area contributed by atoms with Crippen molar-refractivity contribution < 1.29 is 28.9 Å². The van der Waals surface area contributed by atoms with Gasteiger partial charge in [0.2, 0.25) is 5.78 Å². The zero-order valence-corrected chi connectivity index (χ0v) is 17.9. The molecular formula is C24H26O6. The molecule has 6 heteroatoms. The molecule has 1 saturated carbocycles. The van der Waals surface area contributed by atoms with E-state index >= 15 is 0 Å². The molecule has 1 aromatic carbocycles. The molecule has 1 N–H and O–H groups in total. The lowest BCUT2D eigenvalue weighted by atomic mass is 9.49. The fourth-order valence-electron chi connectivity index (χ4n) is 6.03. The maximum Gasteiger partial charge on any atom is 0.205 e. The third kappa shape index (κ3) is 1.97. The number of ether oxygens (including phenoxy) is 3. The van der Waals surface area contributed by atoms with Gasteiger partial charge in [0.1, 0.15) is 22.7 Å². The second-order valence-corrected chi connectivity index (χ2v) is 9.57. The molecule has 2 fully saturated rings. The number of ketones is 2. The van der Waals surface area contributed by atoms with E-state index in [-0.39, 0.29) is 41.0 Å². The summed E-state index contributed by atoms with van der Waals surface area (Å²) in [6.07, 6.45) is 4.22. The molecule has 6 rings (SSSR count). The highest BCUT2D eigenvalue weighted by atomic mass is 16.6. The fourth-order valence-corrected chi connectivity index (χ4v) is 6.03. The average molecular weight is 410 g/mol. The minimum atomic E-state index is -1.39. The van der Waals surface area contributed by atoms with E-state index < -0.39 is 22.4 Å². The first kappa shape index (κ1) is 19.5. The number of phenols is 1. The van der Waals surface area contributed by atoms with E-state index in [0.717, 1.165) is 5.57 Å². The van der Waals surface area contributed by atoms with E-state index in [1.54, 1.807) is 18.2 Å². The summed E-state index contributed by atoms with van der Waals surface area (Å²) >= 11 is 0. The molecule has 1 spiro atoms. The minimum Gasteiger partial charge on any atom is -0.507 e. The van der Waals surface area contributed by atoms with E-state index in [2.05, 4.69) is 0 Å². The van der Waals surface area contributed by atoms with Gasteiger partial charge in [0.15, 0.2) is 17.0 Å². The van der Waals surface area contributed by atoms with Crippen LogP contribution in [0.25, 0.3) is 0 Å². The van der Waals surface area contributed by atoms with Crippen LogP contribution in [-0.4, -0.2) is 46.2 Å². The van der Waals surface area contributed by atoms with Gasteiger partial charge in [0, 0.05) is 25.0 Å². The number of methoxy groups -OCH3 is 1. The topological polar surface area (TPSA) is 82.1 Å². The third-order valence-electron chi connectivity index (χ3n) is 7.31. The van der Waals surface area contributed by atoms with Crippen LogP contribution < -0.4 is 4.74 Å². The van der Waals surface area contributed by atoms with Crippen molar-refractivity contribution in [3.63, 3.8) is 0 Å². The molecule has 0 radical (unpaired) electrons. The van der Waals surface area contributed by atoms with E-state index in [9.17, 15) is 14.7 Å². The number of carbonyl (C=O) groups is 2. The third-order valence-corrected chi connectivity index (χ3v) is 7.31.